The van der Waals surface area contributed by atoms with Crippen molar-refractivity contribution in [3.8, 4) is 0 Å². The molecule has 0 aromatic heterocycles. The Hall–Kier alpha value is -2.83. The number of carbonyl (C=O) groups is 5. The van der Waals surface area contributed by atoms with Crippen LogP contribution in [0.5, 0.6) is 0 Å². The van der Waals surface area contributed by atoms with Crippen molar-refractivity contribution in [3.05, 3.63) is 12.2 Å². The van der Waals surface area contributed by atoms with Gasteiger partial charge in [0.25, 0.3) is 11.8 Å². The van der Waals surface area contributed by atoms with Crippen LogP contribution in [-0.2, 0) is 28.7 Å². The largest absolute Gasteiger partial charge is 0.394 e. The Morgan fingerprint density at radius 2 is 1.81 bits per heavy atom. The zero-order valence-corrected chi connectivity index (χ0v) is 22.2. The molecule has 12 heteroatoms. The molecule has 1 fully saturated rings. The van der Waals surface area contributed by atoms with Crippen LogP contribution in [0.4, 0.5) is 0 Å². The van der Waals surface area contributed by atoms with Crippen molar-refractivity contribution < 1.29 is 33.8 Å². The van der Waals surface area contributed by atoms with E-state index in [0.717, 1.165) is 4.90 Å². The predicted molar refractivity (Wildman–Crippen MR) is 135 cm³/mol. The standard InChI is InChI=1S/C25H41N5O7/c1-16(2)37-15-25(3,4)28-23(35)18(14-31)27-24(36)19-12-17(26)13-30(19)20(32)8-6-5-7-11-29-21(33)9-10-22(29)34/h9-10,16-19,31H,5-8,11-15,26H2,1-4H3,(H,27,36)(H,28,35). The van der Waals surface area contributed by atoms with Gasteiger partial charge in [0.1, 0.15) is 12.1 Å². The van der Waals surface area contributed by atoms with Gasteiger partial charge in [0, 0.05) is 37.7 Å². The molecule has 5 amide bonds. The number of nitrogens with one attached hydrogen (secondary N) is 2. The van der Waals surface area contributed by atoms with Crippen molar-refractivity contribution in [1.29, 1.82) is 0 Å². The zero-order chi connectivity index (χ0) is 27.8. The third-order valence-corrected chi connectivity index (χ3v) is 6.18. The lowest BCUT2D eigenvalue weighted by Gasteiger charge is -2.30. The fraction of sp³-hybridized carbons (Fsp3) is 0.720. The van der Waals surface area contributed by atoms with E-state index in [1.807, 2.05) is 13.8 Å². The summed E-state index contributed by atoms with van der Waals surface area (Å²) in [6.45, 7) is 7.47. The second kappa shape index (κ2) is 13.6. The number of nitrogens with two attached hydrogens (primary N) is 1. The topological polar surface area (TPSA) is 171 Å². The molecule has 0 saturated carbocycles. The minimum Gasteiger partial charge on any atom is -0.394 e. The van der Waals surface area contributed by atoms with Crippen LogP contribution < -0.4 is 16.4 Å². The monoisotopic (exact) mass is 523 g/mol. The lowest BCUT2D eigenvalue weighted by atomic mass is 10.1. The van der Waals surface area contributed by atoms with Gasteiger partial charge >= 0.3 is 0 Å². The van der Waals surface area contributed by atoms with E-state index in [9.17, 15) is 29.1 Å². The van der Waals surface area contributed by atoms with Crippen LogP contribution in [0.1, 0.15) is 59.8 Å². The Balaban J connectivity index is 1.84. The summed E-state index contributed by atoms with van der Waals surface area (Å²) in [5.41, 5.74) is 5.32. The highest BCUT2D eigenvalue weighted by Gasteiger charge is 2.39. The summed E-state index contributed by atoms with van der Waals surface area (Å²) in [7, 11) is 0. The smallest absolute Gasteiger partial charge is 0.253 e. The van der Waals surface area contributed by atoms with Crippen molar-refractivity contribution in [2.75, 3.05) is 26.3 Å². The summed E-state index contributed by atoms with van der Waals surface area (Å²) in [6, 6.07) is -2.41. The molecule has 0 aromatic carbocycles. The fourth-order valence-corrected chi connectivity index (χ4v) is 4.20. The van der Waals surface area contributed by atoms with Gasteiger partial charge in [-0.25, -0.2) is 0 Å². The number of aliphatic hydroxyl groups excluding tert-OH is 1. The maximum atomic E-state index is 13.0. The molecule has 37 heavy (non-hydrogen) atoms. The fourth-order valence-electron chi connectivity index (χ4n) is 4.20. The second-order valence-corrected chi connectivity index (χ2v) is 10.5. The molecule has 2 aliphatic rings. The lowest BCUT2D eigenvalue weighted by molar-refractivity contribution is -0.140. The highest BCUT2D eigenvalue weighted by Crippen LogP contribution is 2.19. The van der Waals surface area contributed by atoms with Gasteiger partial charge in [0.15, 0.2) is 0 Å². The Kier molecular flexibility index (Phi) is 11.2. The highest BCUT2D eigenvalue weighted by atomic mass is 16.5. The summed E-state index contributed by atoms with van der Waals surface area (Å²) >= 11 is 0. The predicted octanol–water partition coefficient (Wildman–Crippen LogP) is -0.803. The van der Waals surface area contributed by atoms with E-state index in [2.05, 4.69) is 10.6 Å². The molecule has 2 rings (SSSR count). The number of hydrogen-bond donors (Lipinski definition) is 4. The Labute approximate surface area is 217 Å². The summed E-state index contributed by atoms with van der Waals surface area (Å²) in [5, 5.41) is 15.1. The number of amides is 5. The SMILES string of the molecule is CC(C)OCC(C)(C)NC(=O)C(CO)NC(=O)C1CC(N)CN1C(=O)CCCCCN1C(=O)C=CC1=O. The number of nitrogens with zero attached hydrogens (tertiary/aromatic N) is 2. The van der Waals surface area contributed by atoms with E-state index < -0.39 is 36.0 Å². The molecule has 0 aromatic rings. The third-order valence-electron chi connectivity index (χ3n) is 6.18. The van der Waals surface area contributed by atoms with E-state index in [1.54, 1.807) is 13.8 Å². The molecule has 3 atom stereocenters. The van der Waals surface area contributed by atoms with Crippen LogP contribution in [0.15, 0.2) is 12.2 Å². The molecule has 1 saturated heterocycles. The highest BCUT2D eigenvalue weighted by molar-refractivity contribution is 6.12. The Morgan fingerprint density at radius 1 is 1.16 bits per heavy atom. The molecule has 2 aliphatic heterocycles. The summed E-state index contributed by atoms with van der Waals surface area (Å²) < 4.78 is 5.56. The Bertz CT molecular complexity index is 871. The number of aliphatic hydroxyl groups is 1. The molecular weight excluding hydrogens is 482 g/mol. The molecule has 12 nitrogen and oxygen atoms in total. The van der Waals surface area contributed by atoms with Crippen molar-refractivity contribution in [2.24, 2.45) is 5.73 Å². The van der Waals surface area contributed by atoms with Gasteiger partial charge in [-0.1, -0.05) is 6.42 Å². The van der Waals surface area contributed by atoms with Crippen LogP contribution >= 0.6 is 0 Å². The van der Waals surface area contributed by atoms with Gasteiger partial charge in [-0.05, 0) is 47.0 Å². The minimum absolute atomic E-state index is 0.0182. The first kappa shape index (κ1) is 30.4. The zero-order valence-electron chi connectivity index (χ0n) is 22.2. The normalized spacial score (nSPS) is 20.6. The van der Waals surface area contributed by atoms with Gasteiger partial charge in [-0.15, -0.1) is 0 Å². The molecule has 2 heterocycles. The number of imide groups is 1. The molecule has 3 unspecified atom stereocenters. The first-order valence-corrected chi connectivity index (χ1v) is 12.8. The minimum atomic E-state index is -1.19. The molecular formula is C25H41N5O7. The van der Waals surface area contributed by atoms with E-state index >= 15 is 0 Å². The third kappa shape index (κ3) is 9.20. The molecule has 0 radical (unpaired) electrons. The number of rotatable bonds is 14. The van der Waals surface area contributed by atoms with Crippen molar-refractivity contribution >= 4 is 29.5 Å². The molecule has 5 N–H and O–H groups in total. The maximum Gasteiger partial charge on any atom is 0.253 e. The second-order valence-electron chi connectivity index (χ2n) is 10.5. The maximum absolute atomic E-state index is 13.0. The van der Waals surface area contributed by atoms with E-state index in [0.29, 0.717) is 25.8 Å². The van der Waals surface area contributed by atoms with Gasteiger partial charge < -0.3 is 31.1 Å². The number of likely N-dealkylation sites (tertiary alicyclic amines) is 1. The van der Waals surface area contributed by atoms with Gasteiger partial charge in [0.2, 0.25) is 17.7 Å². The molecule has 0 aliphatic carbocycles. The first-order chi connectivity index (χ1) is 17.3. The van der Waals surface area contributed by atoms with Crippen LogP contribution in [0.3, 0.4) is 0 Å². The molecule has 0 spiro atoms. The lowest BCUT2D eigenvalue weighted by Crippen LogP contribution is -2.58. The summed E-state index contributed by atoms with van der Waals surface area (Å²) in [4.78, 5) is 64.3. The first-order valence-electron chi connectivity index (χ1n) is 12.8. The van der Waals surface area contributed by atoms with Crippen LogP contribution in [-0.4, -0.2) is 101 Å². The average Bonchev–Trinajstić information content (AvgIpc) is 3.37. The number of ether oxygens (including phenoxy) is 1. The quantitative estimate of drug-likeness (QED) is 0.169. The average molecular weight is 524 g/mol. The van der Waals surface area contributed by atoms with Crippen molar-refractivity contribution in [1.82, 2.24) is 20.4 Å². The van der Waals surface area contributed by atoms with Crippen molar-refractivity contribution in [3.63, 3.8) is 0 Å². The van der Waals surface area contributed by atoms with Crippen molar-refractivity contribution in [2.45, 2.75) is 89.6 Å². The van der Waals surface area contributed by atoms with Crippen LogP contribution in [0, 0.1) is 0 Å². The van der Waals surface area contributed by atoms with Crippen LogP contribution in [0.25, 0.3) is 0 Å². The summed E-state index contributed by atoms with van der Waals surface area (Å²) in [5.74, 6) is -2.00. The van der Waals surface area contributed by atoms with E-state index in [-0.39, 0.29) is 55.9 Å². The number of hydrogen-bond acceptors (Lipinski definition) is 8. The summed E-state index contributed by atoms with van der Waals surface area (Å²) in [6.07, 6.45) is 4.61. The number of unbranched alkanes of at least 4 members (excludes halogenated alkanes) is 2. The van der Waals surface area contributed by atoms with Crippen LogP contribution in [0.2, 0.25) is 0 Å². The Morgan fingerprint density at radius 3 is 2.41 bits per heavy atom. The molecule has 208 valence electrons. The molecule has 0 bridgehead atoms. The van der Waals surface area contributed by atoms with Gasteiger partial charge in [0.05, 0.1) is 24.9 Å². The van der Waals surface area contributed by atoms with E-state index in [4.69, 9.17) is 10.5 Å². The number of carbonyl (C=O) groups excluding carboxylic acids is 5. The van der Waals surface area contributed by atoms with Gasteiger partial charge in [-0.2, -0.15) is 0 Å². The van der Waals surface area contributed by atoms with E-state index in [1.165, 1.54) is 17.1 Å². The van der Waals surface area contributed by atoms with Gasteiger partial charge in [-0.3, -0.25) is 28.9 Å².